The first-order valence-electron chi connectivity index (χ1n) is 19.4. The van der Waals surface area contributed by atoms with Crippen molar-refractivity contribution in [1.82, 2.24) is 0 Å². The van der Waals surface area contributed by atoms with Gasteiger partial charge in [-0.2, -0.15) is 0 Å². The van der Waals surface area contributed by atoms with Gasteiger partial charge in [0.25, 0.3) is 0 Å². The van der Waals surface area contributed by atoms with Crippen molar-refractivity contribution in [2.75, 3.05) is 6.61 Å². The molecule has 0 aromatic carbocycles. The number of ether oxygens (including phenoxy) is 7. The van der Waals surface area contributed by atoms with Gasteiger partial charge in [-0.25, -0.2) is 0 Å². The molecule has 5 aliphatic carbocycles. The molecule has 0 aromatic heterocycles. The van der Waals surface area contributed by atoms with E-state index >= 15 is 4.79 Å². The van der Waals surface area contributed by atoms with E-state index in [9.17, 15) is 24.3 Å². The van der Waals surface area contributed by atoms with Gasteiger partial charge in [0.15, 0.2) is 48.1 Å². The normalized spacial score (nSPS) is 44.8. The Hall–Kier alpha value is -2.97. The Morgan fingerprint density at radius 1 is 0.906 bits per heavy atom. The average Bonchev–Trinajstić information content (AvgIpc) is 3.59. The maximum atomic E-state index is 15.1. The van der Waals surface area contributed by atoms with Crippen LogP contribution in [0, 0.1) is 34.5 Å². The molecule has 292 valence electrons. The maximum Gasteiger partial charge on any atom is 0.303 e. The zero-order valence-electron chi connectivity index (χ0n) is 31.6. The van der Waals surface area contributed by atoms with Crippen LogP contribution in [-0.2, 0) is 57.1 Å². The summed E-state index contributed by atoms with van der Waals surface area (Å²) in [5, 5.41) is 12.2. The summed E-state index contributed by atoms with van der Waals surface area (Å²) in [6, 6.07) is 0. The van der Waals surface area contributed by atoms with E-state index in [0.717, 1.165) is 50.5 Å². The average molecular weight is 743 g/mol. The summed E-state index contributed by atoms with van der Waals surface area (Å²) in [5.74, 6) is -2.48. The third-order valence-corrected chi connectivity index (χ3v) is 13.7. The van der Waals surface area contributed by atoms with Crippen molar-refractivity contribution < 1.29 is 62.2 Å². The molecule has 14 atom stereocenters. The lowest BCUT2D eigenvalue weighted by Gasteiger charge is -2.59. The van der Waals surface area contributed by atoms with Crippen LogP contribution in [0.5, 0.6) is 0 Å². The summed E-state index contributed by atoms with van der Waals surface area (Å²) in [6.07, 6.45) is 4.84. The summed E-state index contributed by atoms with van der Waals surface area (Å²) in [4.78, 5) is 63.9. The number of esters is 3. The second kappa shape index (κ2) is 14.3. The Kier molecular flexibility index (Phi) is 10.3. The Morgan fingerprint density at radius 3 is 2.25 bits per heavy atom. The standard InChI is InChI=1S/C40H54O13/c1-20-33(49-21(2)41)34(50-22(3)42)35(51-23(4)43)37(48-20)47-19-30(46)40-31(52-36(53-40)24-10-8-7-9-11-24)17-28-27-13-12-25-16-26(44)14-15-38(25,5)32(27)29(45)18-39(28,40)6/h14-16,20,24,27-29,31-37,45H,7-13,17-19H2,1-6H3/t20-,27?,28?,29-,31+,32?,33+,34+,35-,36+,37-,38-,39-,40+/m0/s1. The predicted octanol–water partition coefficient (Wildman–Crippen LogP) is 4.06. The van der Waals surface area contributed by atoms with Crippen LogP contribution in [0.4, 0.5) is 0 Å². The van der Waals surface area contributed by atoms with Gasteiger partial charge in [0, 0.05) is 43.4 Å². The fourth-order valence-electron chi connectivity index (χ4n) is 11.6. The van der Waals surface area contributed by atoms with Crippen LogP contribution < -0.4 is 0 Å². The minimum absolute atomic E-state index is 0.0286. The molecule has 7 aliphatic rings. The molecule has 0 radical (unpaired) electrons. The summed E-state index contributed by atoms with van der Waals surface area (Å²) < 4.78 is 42.7. The van der Waals surface area contributed by atoms with Gasteiger partial charge in [0.2, 0.25) is 0 Å². The largest absolute Gasteiger partial charge is 0.456 e. The van der Waals surface area contributed by atoms with E-state index in [1.165, 1.54) is 20.8 Å². The van der Waals surface area contributed by atoms with Crippen LogP contribution in [-0.4, -0.2) is 96.0 Å². The molecular weight excluding hydrogens is 688 g/mol. The van der Waals surface area contributed by atoms with E-state index < -0.39 is 90.1 Å². The fourth-order valence-corrected chi connectivity index (χ4v) is 11.6. The lowest BCUT2D eigenvalue weighted by Crippen LogP contribution is -2.64. The molecule has 53 heavy (non-hydrogen) atoms. The van der Waals surface area contributed by atoms with E-state index in [4.69, 9.17) is 33.2 Å². The lowest BCUT2D eigenvalue weighted by molar-refractivity contribution is -0.300. The zero-order valence-corrected chi connectivity index (χ0v) is 31.6. The third kappa shape index (κ3) is 6.41. The minimum Gasteiger partial charge on any atom is -0.456 e. The van der Waals surface area contributed by atoms with E-state index in [2.05, 4.69) is 13.8 Å². The van der Waals surface area contributed by atoms with E-state index in [0.29, 0.717) is 6.42 Å². The monoisotopic (exact) mass is 742 g/mol. The molecule has 2 saturated heterocycles. The molecule has 6 fully saturated rings. The van der Waals surface area contributed by atoms with Crippen LogP contribution in [0.2, 0.25) is 0 Å². The number of hydrogen-bond donors (Lipinski definition) is 1. The van der Waals surface area contributed by atoms with Crippen molar-refractivity contribution in [2.45, 2.75) is 154 Å². The van der Waals surface area contributed by atoms with Crippen LogP contribution >= 0.6 is 0 Å². The SMILES string of the molecule is CC(=O)O[C@H]1[C@H](OC(C)=O)[C@@H](OCC(=O)[C@@]23O[C@H](C4CCCCC4)O[C@@H]2CC2C4CCC5=CC(=O)C=C[C@]5(C)C4[C@@H](O)C[C@@]23C)O[C@@H](C)[C@H]1OC(C)=O. The lowest BCUT2D eigenvalue weighted by atomic mass is 9.46. The molecular formula is C40H54O13. The second-order valence-corrected chi connectivity index (χ2v) is 16.9. The quantitative estimate of drug-likeness (QED) is 0.279. The van der Waals surface area contributed by atoms with Gasteiger partial charge in [0.05, 0.1) is 18.3 Å². The number of allylic oxidation sites excluding steroid dienone is 4. The van der Waals surface area contributed by atoms with Gasteiger partial charge in [0.1, 0.15) is 6.61 Å². The highest BCUT2D eigenvalue weighted by atomic mass is 16.8. The fraction of sp³-hybridized carbons (Fsp3) is 0.775. The summed E-state index contributed by atoms with van der Waals surface area (Å²) >= 11 is 0. The second-order valence-electron chi connectivity index (χ2n) is 16.9. The molecule has 7 rings (SSSR count). The van der Waals surface area contributed by atoms with Crippen LogP contribution in [0.15, 0.2) is 23.8 Å². The first-order chi connectivity index (χ1) is 25.1. The van der Waals surface area contributed by atoms with E-state index in [-0.39, 0.29) is 41.7 Å². The molecule has 0 amide bonds. The number of fused-ring (bicyclic) bond motifs is 7. The minimum atomic E-state index is -1.45. The number of carbonyl (C=O) groups excluding carboxylic acids is 5. The topological polar surface area (TPSA) is 170 Å². The van der Waals surface area contributed by atoms with Gasteiger partial charge in [-0.05, 0) is 69.4 Å². The number of aliphatic hydroxyl groups excluding tert-OH is 1. The van der Waals surface area contributed by atoms with Gasteiger partial charge in [-0.15, -0.1) is 0 Å². The van der Waals surface area contributed by atoms with Gasteiger partial charge in [-0.3, -0.25) is 24.0 Å². The van der Waals surface area contributed by atoms with Gasteiger partial charge < -0.3 is 38.3 Å². The number of carbonyl (C=O) groups is 5. The first kappa shape index (κ1) is 38.3. The molecule has 13 nitrogen and oxygen atoms in total. The summed E-state index contributed by atoms with van der Waals surface area (Å²) in [6.45, 7) is 8.82. The molecule has 13 heteroatoms. The highest BCUT2D eigenvalue weighted by Gasteiger charge is 2.76. The molecule has 2 heterocycles. The van der Waals surface area contributed by atoms with Crippen molar-refractivity contribution in [1.29, 1.82) is 0 Å². The molecule has 4 saturated carbocycles. The number of rotatable bonds is 8. The van der Waals surface area contributed by atoms with Crippen LogP contribution in [0.3, 0.4) is 0 Å². The van der Waals surface area contributed by atoms with E-state index in [1.807, 2.05) is 6.08 Å². The van der Waals surface area contributed by atoms with Crippen molar-refractivity contribution in [2.24, 2.45) is 34.5 Å². The van der Waals surface area contributed by atoms with Crippen molar-refractivity contribution in [3.05, 3.63) is 23.8 Å². The van der Waals surface area contributed by atoms with Gasteiger partial charge in [-0.1, -0.05) is 44.8 Å². The van der Waals surface area contributed by atoms with Crippen molar-refractivity contribution in [3.8, 4) is 0 Å². The number of Topliss-reactive ketones (excluding diaryl/α,β-unsaturated/α-hetero) is 1. The maximum absolute atomic E-state index is 15.1. The Labute approximate surface area is 310 Å². The first-order valence-corrected chi connectivity index (χ1v) is 19.4. The Balaban J connectivity index is 1.20. The molecule has 3 unspecified atom stereocenters. The van der Waals surface area contributed by atoms with Crippen LogP contribution in [0.25, 0.3) is 0 Å². The third-order valence-electron chi connectivity index (χ3n) is 13.7. The Morgan fingerprint density at radius 2 is 1.57 bits per heavy atom. The predicted molar refractivity (Wildman–Crippen MR) is 184 cm³/mol. The highest BCUT2D eigenvalue weighted by Crippen LogP contribution is 2.70. The molecule has 0 aromatic rings. The number of aliphatic hydroxyl groups is 1. The molecule has 0 bridgehead atoms. The molecule has 1 N–H and O–H groups in total. The molecule has 0 spiro atoms. The zero-order chi connectivity index (χ0) is 38.0. The van der Waals surface area contributed by atoms with Gasteiger partial charge >= 0.3 is 17.9 Å². The van der Waals surface area contributed by atoms with E-state index in [1.54, 1.807) is 19.1 Å². The smallest absolute Gasteiger partial charge is 0.303 e. The Bertz CT molecular complexity index is 1560. The van der Waals surface area contributed by atoms with Crippen molar-refractivity contribution >= 4 is 29.5 Å². The summed E-state index contributed by atoms with van der Waals surface area (Å²) in [5.41, 5.74) is -1.72. The number of hydrogen-bond acceptors (Lipinski definition) is 13. The number of ketones is 2. The molecule has 2 aliphatic heterocycles. The van der Waals surface area contributed by atoms with Crippen LogP contribution in [0.1, 0.15) is 99.3 Å². The highest BCUT2D eigenvalue weighted by molar-refractivity contribution is 6.01. The summed E-state index contributed by atoms with van der Waals surface area (Å²) in [7, 11) is 0. The van der Waals surface area contributed by atoms with Crippen molar-refractivity contribution in [3.63, 3.8) is 0 Å².